The van der Waals surface area contributed by atoms with Gasteiger partial charge in [-0.1, -0.05) is 46.3 Å². The fraction of sp³-hybridized carbons (Fsp3) is 0.958. The van der Waals surface area contributed by atoms with Crippen LogP contribution in [0.2, 0.25) is 0 Å². The SMILES string of the molecule is CC(C)=CCC[C@](C)(O[C@@H]1O[C@H](CO)[C@@H](O)[C@H](O)[C@H]1O)[C@H]1CC[C@]2(C)[C@@H]1[C@H](O)C[C@@H]1[C@@]3(C)CC[C@H](O)C(C)(C)[C@H]3[C@@H](O[C@@H]3O[C@H](CO)[C@@H](O[C@H]4O[C@H](CO)[C@@H](O)[C@H](O)[C@H]4O)[C@H](O)[C@H]3O)C[C@]12C. The fourth-order valence-electron chi connectivity index (χ4n) is 14.9. The van der Waals surface area contributed by atoms with E-state index >= 15 is 0 Å². The van der Waals surface area contributed by atoms with Gasteiger partial charge in [-0.05, 0) is 117 Å². The molecule has 0 spiro atoms. The molecular weight excluding hydrogens is 881 g/mol. The summed E-state index contributed by atoms with van der Waals surface area (Å²) in [5, 5.41) is 142. The van der Waals surface area contributed by atoms with E-state index in [9.17, 15) is 66.4 Å². The van der Waals surface area contributed by atoms with Gasteiger partial charge in [0.15, 0.2) is 18.9 Å². The van der Waals surface area contributed by atoms with Gasteiger partial charge in [-0.2, -0.15) is 0 Å². The van der Waals surface area contributed by atoms with Crippen LogP contribution in [-0.2, 0) is 28.4 Å². The Hall–Kier alpha value is -1.02. The number of aliphatic hydroxyl groups is 13. The second-order valence-corrected chi connectivity index (χ2v) is 23.1. The Bertz CT molecular complexity index is 1710. The molecule has 3 saturated heterocycles. The Balaban J connectivity index is 1.21. The van der Waals surface area contributed by atoms with E-state index in [1.807, 2.05) is 34.6 Å². The summed E-state index contributed by atoms with van der Waals surface area (Å²) < 4.78 is 37.3. The van der Waals surface area contributed by atoms with Gasteiger partial charge in [-0.15, -0.1) is 0 Å². The molecule has 19 nitrogen and oxygen atoms in total. The van der Waals surface area contributed by atoms with E-state index in [1.54, 1.807) is 0 Å². The average molecular weight is 963 g/mol. The highest BCUT2D eigenvalue weighted by Gasteiger charge is 2.74. The zero-order chi connectivity index (χ0) is 49.5. The summed E-state index contributed by atoms with van der Waals surface area (Å²) in [7, 11) is 0. The van der Waals surface area contributed by atoms with E-state index in [0.717, 1.165) is 5.57 Å². The van der Waals surface area contributed by atoms with Crippen LogP contribution in [0, 0.1) is 45.3 Å². The number of hydrogen-bond acceptors (Lipinski definition) is 19. The Morgan fingerprint density at radius 1 is 0.642 bits per heavy atom. The van der Waals surface area contributed by atoms with Gasteiger partial charge in [0, 0.05) is 0 Å². The van der Waals surface area contributed by atoms with Gasteiger partial charge in [0.1, 0.15) is 73.2 Å². The molecule has 3 heterocycles. The Morgan fingerprint density at radius 3 is 1.76 bits per heavy atom. The Morgan fingerprint density at radius 2 is 1.18 bits per heavy atom. The summed E-state index contributed by atoms with van der Waals surface area (Å²) in [4.78, 5) is 0. The van der Waals surface area contributed by atoms with Crippen LogP contribution in [0.15, 0.2) is 11.6 Å². The average Bonchev–Trinajstić information content (AvgIpc) is 3.66. The molecule has 0 aromatic heterocycles. The first-order chi connectivity index (χ1) is 31.3. The van der Waals surface area contributed by atoms with Crippen LogP contribution in [0.1, 0.15) is 107 Å². The Labute approximate surface area is 393 Å². The zero-order valence-corrected chi connectivity index (χ0v) is 40.3. The maximum Gasteiger partial charge on any atom is 0.187 e. The van der Waals surface area contributed by atoms with Crippen LogP contribution in [0.25, 0.3) is 0 Å². The monoisotopic (exact) mass is 963 g/mol. The van der Waals surface area contributed by atoms with Crippen molar-refractivity contribution in [2.45, 2.75) is 223 Å². The topological polar surface area (TPSA) is 318 Å². The minimum absolute atomic E-state index is 0.0841. The van der Waals surface area contributed by atoms with Crippen molar-refractivity contribution >= 4 is 0 Å². The second kappa shape index (κ2) is 19.8. The van der Waals surface area contributed by atoms with E-state index in [2.05, 4.69) is 26.8 Å². The molecule has 0 aromatic carbocycles. The van der Waals surface area contributed by atoms with Gasteiger partial charge in [0.2, 0.25) is 0 Å². The highest BCUT2D eigenvalue weighted by molar-refractivity contribution is 5.22. The zero-order valence-electron chi connectivity index (χ0n) is 40.3. The molecule has 13 N–H and O–H groups in total. The largest absolute Gasteiger partial charge is 0.394 e. The minimum atomic E-state index is -1.83. The molecule has 26 atom stereocenters. The van der Waals surface area contributed by atoms with Crippen molar-refractivity contribution in [1.29, 1.82) is 0 Å². The molecule has 0 aromatic rings. The third-order valence-electron chi connectivity index (χ3n) is 18.7. The summed E-state index contributed by atoms with van der Waals surface area (Å²) in [5.41, 5.74) is -2.41. The number of hydrogen-bond donors (Lipinski definition) is 13. The predicted octanol–water partition coefficient (Wildman–Crippen LogP) is -1.06. The van der Waals surface area contributed by atoms with Crippen molar-refractivity contribution in [2.75, 3.05) is 19.8 Å². The number of fused-ring (bicyclic) bond motifs is 5. The van der Waals surface area contributed by atoms with Crippen LogP contribution < -0.4 is 0 Å². The van der Waals surface area contributed by atoms with Gasteiger partial charge in [0.25, 0.3) is 0 Å². The van der Waals surface area contributed by atoms with Crippen molar-refractivity contribution in [2.24, 2.45) is 45.3 Å². The van der Waals surface area contributed by atoms with Crippen LogP contribution in [-0.4, -0.2) is 202 Å². The molecule has 67 heavy (non-hydrogen) atoms. The number of ether oxygens (including phenoxy) is 6. The molecule has 0 unspecified atom stereocenters. The van der Waals surface area contributed by atoms with Crippen molar-refractivity contribution in [3.8, 4) is 0 Å². The van der Waals surface area contributed by atoms with Gasteiger partial charge < -0.3 is 94.8 Å². The fourth-order valence-corrected chi connectivity index (χ4v) is 14.9. The van der Waals surface area contributed by atoms with E-state index < -0.39 is 158 Å². The van der Waals surface area contributed by atoms with Crippen molar-refractivity contribution in [3.05, 3.63) is 11.6 Å². The first kappa shape index (κ1) is 53.8. The molecule has 3 aliphatic heterocycles. The van der Waals surface area contributed by atoms with E-state index in [1.165, 1.54) is 0 Å². The maximum atomic E-state index is 12.7. The quantitative estimate of drug-likeness (QED) is 0.0773. The highest BCUT2D eigenvalue weighted by Crippen LogP contribution is 2.76. The van der Waals surface area contributed by atoms with Crippen molar-refractivity contribution in [3.63, 3.8) is 0 Å². The third-order valence-corrected chi connectivity index (χ3v) is 18.7. The molecule has 388 valence electrons. The molecule has 0 bridgehead atoms. The molecule has 4 aliphatic carbocycles. The number of aliphatic hydroxyl groups excluding tert-OH is 13. The summed E-state index contributed by atoms with van der Waals surface area (Å²) in [5.74, 6) is -1.11. The predicted molar refractivity (Wildman–Crippen MR) is 235 cm³/mol. The maximum absolute atomic E-state index is 12.7. The van der Waals surface area contributed by atoms with Crippen LogP contribution >= 0.6 is 0 Å². The van der Waals surface area contributed by atoms with E-state index in [-0.39, 0.29) is 23.7 Å². The molecule has 0 amide bonds. The van der Waals surface area contributed by atoms with E-state index in [0.29, 0.717) is 51.4 Å². The standard InChI is InChI=1S/C48H82O19/c1-21(2)10-9-13-48(8,67-43-37(60)34(57)32(55)26(19-50)64-43)22-11-15-46(6)30(22)23(52)16-28-45(5)14-12-29(53)44(3,4)40(45)24(17-47(28,46)7)62-41-38(61)35(58)39(27(20-51)65-41)66-42-36(59)33(56)31(54)25(18-49)63-42/h10,22-43,49-61H,9,11-20H2,1-8H3/t22-,23+,24-,25+,26+,27+,28+,29-,30-,31+,32+,33-,34-,35+,36+,37+,38+,39+,40+,41+,42+,43-,45+,46+,47+,48-/m0/s1. The van der Waals surface area contributed by atoms with Crippen molar-refractivity contribution in [1.82, 2.24) is 0 Å². The lowest BCUT2D eigenvalue weighted by Crippen LogP contribution is -2.71. The lowest BCUT2D eigenvalue weighted by atomic mass is 9.34. The molecular formula is C48H82O19. The second-order valence-electron chi connectivity index (χ2n) is 23.1. The lowest BCUT2D eigenvalue weighted by Gasteiger charge is -2.72. The lowest BCUT2D eigenvalue weighted by molar-refractivity contribution is -0.374. The smallest absolute Gasteiger partial charge is 0.187 e. The summed E-state index contributed by atoms with van der Waals surface area (Å²) in [6, 6.07) is 0. The normalized spacial score (nSPS) is 52.9. The molecule has 7 aliphatic rings. The first-order valence-corrected chi connectivity index (χ1v) is 24.5. The first-order valence-electron chi connectivity index (χ1n) is 24.5. The van der Waals surface area contributed by atoms with Crippen molar-refractivity contribution < 1.29 is 94.8 Å². The van der Waals surface area contributed by atoms with Gasteiger partial charge in [0.05, 0.1) is 43.7 Å². The highest BCUT2D eigenvalue weighted by atomic mass is 16.7. The molecule has 0 radical (unpaired) electrons. The van der Waals surface area contributed by atoms with Gasteiger partial charge in [-0.3, -0.25) is 0 Å². The minimum Gasteiger partial charge on any atom is -0.394 e. The van der Waals surface area contributed by atoms with Crippen LogP contribution in [0.4, 0.5) is 0 Å². The van der Waals surface area contributed by atoms with Crippen LogP contribution in [0.5, 0.6) is 0 Å². The van der Waals surface area contributed by atoms with Gasteiger partial charge in [-0.25, -0.2) is 0 Å². The number of rotatable bonds is 13. The molecule has 19 heteroatoms. The Kier molecular flexibility index (Phi) is 15.9. The third kappa shape index (κ3) is 9.03. The van der Waals surface area contributed by atoms with Crippen LogP contribution in [0.3, 0.4) is 0 Å². The van der Waals surface area contributed by atoms with Gasteiger partial charge >= 0.3 is 0 Å². The summed E-state index contributed by atoms with van der Waals surface area (Å²) >= 11 is 0. The number of allylic oxidation sites excluding steroid dienone is 2. The molecule has 7 rings (SSSR count). The summed E-state index contributed by atoms with van der Waals surface area (Å²) in [6.07, 6.45) is -19.6. The molecule has 7 fully saturated rings. The summed E-state index contributed by atoms with van der Waals surface area (Å²) in [6.45, 7) is 14.5. The molecule has 4 saturated carbocycles. The van der Waals surface area contributed by atoms with E-state index in [4.69, 9.17) is 28.4 Å².